The van der Waals surface area contributed by atoms with Gasteiger partial charge in [0.25, 0.3) is 5.91 Å². The molecule has 2 atom stereocenters. The summed E-state index contributed by atoms with van der Waals surface area (Å²) in [5, 5.41) is 2.54. The van der Waals surface area contributed by atoms with E-state index < -0.39 is 35.7 Å². The van der Waals surface area contributed by atoms with E-state index in [0.29, 0.717) is 13.0 Å². The Bertz CT molecular complexity index is 642. The van der Waals surface area contributed by atoms with Crippen molar-refractivity contribution in [3.8, 4) is 0 Å². The van der Waals surface area contributed by atoms with Crippen LogP contribution in [0, 0.1) is 0 Å². The van der Waals surface area contributed by atoms with Crippen molar-refractivity contribution in [3.05, 3.63) is 35.4 Å². The molecular weight excluding hydrogens is 325 g/mol. The topological polar surface area (TPSA) is 58.6 Å². The molecule has 2 saturated heterocycles. The lowest BCUT2D eigenvalue weighted by Crippen LogP contribution is -2.54. The second-order valence-corrected chi connectivity index (χ2v) is 5.81. The Labute approximate surface area is 136 Å². The third kappa shape index (κ3) is 3.10. The summed E-state index contributed by atoms with van der Waals surface area (Å²) in [6.45, 7) is 0.809. The molecule has 130 valence electrons. The van der Waals surface area contributed by atoms with Gasteiger partial charge in [0.1, 0.15) is 12.1 Å². The van der Waals surface area contributed by atoms with Crippen LogP contribution >= 0.6 is 0 Å². The molecule has 2 fully saturated rings. The highest BCUT2D eigenvalue weighted by atomic mass is 19.4. The number of amides is 2. The third-order valence-electron chi connectivity index (χ3n) is 4.26. The number of hydrogen-bond donors (Lipinski definition) is 1. The highest BCUT2D eigenvalue weighted by Gasteiger charge is 2.43. The Morgan fingerprint density at radius 2 is 2.04 bits per heavy atom. The van der Waals surface area contributed by atoms with Crippen molar-refractivity contribution in [1.29, 1.82) is 0 Å². The molecule has 24 heavy (non-hydrogen) atoms. The van der Waals surface area contributed by atoms with Gasteiger partial charge in [-0.05, 0) is 24.5 Å². The zero-order chi connectivity index (χ0) is 17.3. The second kappa shape index (κ2) is 6.43. The van der Waals surface area contributed by atoms with E-state index in [4.69, 9.17) is 4.74 Å². The molecule has 0 bridgehead atoms. The minimum Gasteiger partial charge on any atom is -0.368 e. The van der Waals surface area contributed by atoms with E-state index in [0.717, 1.165) is 12.5 Å². The first kappa shape index (κ1) is 16.8. The molecule has 2 aliphatic rings. The molecule has 2 aliphatic heterocycles. The van der Waals surface area contributed by atoms with E-state index in [1.54, 1.807) is 0 Å². The van der Waals surface area contributed by atoms with Crippen molar-refractivity contribution in [3.63, 3.8) is 0 Å². The normalized spacial score (nSPS) is 24.8. The van der Waals surface area contributed by atoms with E-state index >= 15 is 0 Å². The fourth-order valence-electron chi connectivity index (χ4n) is 3.16. The highest BCUT2D eigenvalue weighted by molar-refractivity contribution is 5.91. The van der Waals surface area contributed by atoms with Gasteiger partial charge >= 0.3 is 6.18 Å². The van der Waals surface area contributed by atoms with Gasteiger partial charge in [-0.2, -0.15) is 13.2 Å². The Hall–Kier alpha value is -2.09. The van der Waals surface area contributed by atoms with Crippen LogP contribution in [0.15, 0.2) is 24.3 Å². The van der Waals surface area contributed by atoms with Gasteiger partial charge in [0.15, 0.2) is 0 Å². The van der Waals surface area contributed by atoms with Gasteiger partial charge in [-0.3, -0.25) is 9.59 Å². The maximum Gasteiger partial charge on any atom is 0.416 e. The first-order chi connectivity index (χ1) is 11.4. The van der Waals surface area contributed by atoms with Crippen LogP contribution in [0.25, 0.3) is 0 Å². The van der Waals surface area contributed by atoms with Gasteiger partial charge in [0.05, 0.1) is 5.56 Å². The summed E-state index contributed by atoms with van der Waals surface area (Å²) in [6, 6.07) is 3.56. The number of nitrogens with one attached hydrogen (secondary N) is 1. The Morgan fingerprint density at radius 1 is 1.29 bits per heavy atom. The van der Waals surface area contributed by atoms with E-state index in [2.05, 4.69) is 5.32 Å². The molecule has 0 spiro atoms. The van der Waals surface area contributed by atoms with Crippen molar-refractivity contribution in [1.82, 2.24) is 10.2 Å². The number of benzene rings is 1. The van der Waals surface area contributed by atoms with Crippen molar-refractivity contribution in [2.75, 3.05) is 19.7 Å². The molecule has 2 amide bonds. The standard InChI is InChI=1S/C16H17F3N2O3/c17-16(18,19)11-5-2-1-4-10(11)13-14(22)20-7-8-21(13)15(23)12-6-3-9-24-12/h1-2,4-5,12-13H,3,6-9H2,(H,20,22)/t12-,13+/m1/s1. The molecule has 5 nitrogen and oxygen atoms in total. The summed E-state index contributed by atoms with van der Waals surface area (Å²) in [6.07, 6.45) is -4.05. The second-order valence-electron chi connectivity index (χ2n) is 5.81. The average Bonchev–Trinajstić information content (AvgIpc) is 3.07. The van der Waals surface area contributed by atoms with Crippen molar-refractivity contribution >= 4 is 11.8 Å². The number of rotatable bonds is 2. The molecule has 0 aliphatic carbocycles. The van der Waals surface area contributed by atoms with Gasteiger partial charge < -0.3 is 15.0 Å². The molecule has 1 aromatic carbocycles. The number of carbonyl (C=O) groups is 2. The lowest BCUT2D eigenvalue weighted by Gasteiger charge is -2.37. The maximum atomic E-state index is 13.3. The zero-order valence-electron chi connectivity index (χ0n) is 12.8. The van der Waals surface area contributed by atoms with E-state index in [1.165, 1.54) is 23.1 Å². The molecular formula is C16H17F3N2O3. The van der Waals surface area contributed by atoms with Gasteiger partial charge in [0, 0.05) is 19.7 Å². The quantitative estimate of drug-likeness (QED) is 0.893. The van der Waals surface area contributed by atoms with Crippen molar-refractivity contribution < 1.29 is 27.5 Å². The number of nitrogens with zero attached hydrogens (tertiary/aromatic N) is 1. The van der Waals surface area contributed by atoms with Crippen LogP contribution in [0.1, 0.15) is 30.0 Å². The van der Waals surface area contributed by atoms with Gasteiger partial charge in [-0.1, -0.05) is 18.2 Å². The van der Waals surface area contributed by atoms with Crippen LogP contribution in [0.4, 0.5) is 13.2 Å². The Kier molecular flexibility index (Phi) is 4.49. The van der Waals surface area contributed by atoms with Crippen LogP contribution in [0.3, 0.4) is 0 Å². The van der Waals surface area contributed by atoms with Gasteiger partial charge in [-0.15, -0.1) is 0 Å². The minimum atomic E-state index is -4.60. The van der Waals surface area contributed by atoms with Gasteiger partial charge in [-0.25, -0.2) is 0 Å². The number of halogens is 3. The minimum absolute atomic E-state index is 0.154. The molecule has 0 saturated carbocycles. The smallest absolute Gasteiger partial charge is 0.368 e. The number of ether oxygens (including phenoxy) is 1. The molecule has 1 aromatic rings. The number of alkyl halides is 3. The number of carbonyl (C=O) groups excluding carboxylic acids is 2. The Balaban J connectivity index is 1.99. The fourth-order valence-corrected chi connectivity index (χ4v) is 3.16. The van der Waals surface area contributed by atoms with Crippen LogP contribution < -0.4 is 5.32 Å². The predicted molar refractivity (Wildman–Crippen MR) is 77.9 cm³/mol. The summed E-state index contributed by atoms with van der Waals surface area (Å²) >= 11 is 0. The molecule has 0 radical (unpaired) electrons. The first-order valence-corrected chi connectivity index (χ1v) is 7.75. The van der Waals surface area contributed by atoms with Gasteiger partial charge in [0.2, 0.25) is 5.91 Å². The predicted octanol–water partition coefficient (Wildman–Crippen LogP) is 1.88. The third-order valence-corrected chi connectivity index (χ3v) is 4.26. The molecule has 3 rings (SSSR count). The largest absolute Gasteiger partial charge is 0.416 e. The maximum absolute atomic E-state index is 13.3. The summed E-state index contributed by atoms with van der Waals surface area (Å²) < 4.78 is 45.2. The van der Waals surface area contributed by atoms with E-state index in [9.17, 15) is 22.8 Å². The first-order valence-electron chi connectivity index (χ1n) is 7.75. The van der Waals surface area contributed by atoms with Crippen LogP contribution in [-0.4, -0.2) is 42.5 Å². The number of piperazine rings is 1. The van der Waals surface area contributed by atoms with Crippen LogP contribution in [0.5, 0.6) is 0 Å². The lowest BCUT2D eigenvalue weighted by atomic mass is 9.96. The zero-order valence-corrected chi connectivity index (χ0v) is 12.8. The molecule has 0 aromatic heterocycles. The fraction of sp³-hybridized carbons (Fsp3) is 0.500. The Morgan fingerprint density at radius 3 is 2.71 bits per heavy atom. The van der Waals surface area contributed by atoms with Crippen LogP contribution in [0.2, 0.25) is 0 Å². The summed E-state index contributed by atoms with van der Waals surface area (Å²) in [5.41, 5.74) is -1.12. The molecule has 0 unspecified atom stereocenters. The lowest BCUT2D eigenvalue weighted by molar-refractivity contribution is -0.152. The van der Waals surface area contributed by atoms with E-state index in [1.807, 2.05) is 0 Å². The highest BCUT2D eigenvalue weighted by Crippen LogP contribution is 2.37. The van der Waals surface area contributed by atoms with E-state index in [-0.39, 0.29) is 18.7 Å². The summed E-state index contributed by atoms with van der Waals surface area (Å²) in [7, 11) is 0. The molecule has 2 heterocycles. The van der Waals surface area contributed by atoms with Crippen molar-refractivity contribution in [2.24, 2.45) is 0 Å². The summed E-state index contributed by atoms with van der Waals surface area (Å²) in [5.74, 6) is -1.03. The van der Waals surface area contributed by atoms with Crippen LogP contribution in [-0.2, 0) is 20.5 Å². The number of hydrogen-bond acceptors (Lipinski definition) is 3. The SMILES string of the molecule is O=C1NCCN(C(=O)[C@H]2CCCO2)[C@H]1c1ccccc1C(F)(F)F. The average molecular weight is 342 g/mol. The molecule has 1 N–H and O–H groups in total. The molecule has 8 heteroatoms. The summed E-state index contributed by atoms with van der Waals surface area (Å²) in [4.78, 5) is 26.1. The monoisotopic (exact) mass is 342 g/mol. The van der Waals surface area contributed by atoms with Crippen molar-refractivity contribution in [2.45, 2.75) is 31.2 Å².